The molecular weight excluding hydrogens is 397 g/mol. The standard InChI is InChI=1S/C20H27N5O.2ClH/c1-24-13-15(10-22-24)18-11-21-12-19(18)20(26)23-16-6-5-9-25(14-16)17-7-3-2-4-8-17;;/h2-4,7-8,10,13,16,18-19,21H,5-6,9,11-12,14H2,1H3,(H,23,26);2*1H/t16?,18-,19+;;/m1../s1. The minimum absolute atomic E-state index is 0. The number of nitrogens with zero attached hydrogens (tertiary/aromatic N) is 3. The van der Waals surface area contributed by atoms with Gasteiger partial charge in [0.05, 0.1) is 12.1 Å². The number of rotatable bonds is 4. The topological polar surface area (TPSA) is 62.2 Å². The average Bonchev–Trinajstić information content (AvgIpc) is 3.31. The Morgan fingerprint density at radius 1 is 1.21 bits per heavy atom. The third-order valence-corrected chi connectivity index (χ3v) is 5.59. The van der Waals surface area contributed by atoms with Crippen molar-refractivity contribution in [1.29, 1.82) is 0 Å². The number of benzene rings is 1. The number of carbonyl (C=O) groups is 1. The first-order valence-corrected chi connectivity index (χ1v) is 9.50. The number of carbonyl (C=O) groups excluding carboxylic acids is 1. The van der Waals surface area contributed by atoms with E-state index in [1.165, 1.54) is 5.69 Å². The molecule has 6 nitrogen and oxygen atoms in total. The molecule has 1 aromatic heterocycles. The Bertz CT molecular complexity index is 754. The second-order valence-corrected chi connectivity index (χ2v) is 7.45. The second kappa shape index (κ2) is 10.1. The first-order chi connectivity index (χ1) is 12.7. The summed E-state index contributed by atoms with van der Waals surface area (Å²) in [6.45, 7) is 3.51. The first-order valence-electron chi connectivity index (χ1n) is 9.50. The Kier molecular flexibility index (Phi) is 8.16. The molecule has 1 aromatic carbocycles. The fourth-order valence-corrected chi connectivity index (χ4v) is 4.21. The molecule has 28 heavy (non-hydrogen) atoms. The highest BCUT2D eigenvalue weighted by molar-refractivity contribution is 5.85. The second-order valence-electron chi connectivity index (χ2n) is 7.45. The molecule has 0 spiro atoms. The van der Waals surface area contributed by atoms with Crippen LogP contribution in [0, 0.1) is 5.92 Å². The van der Waals surface area contributed by atoms with Crippen LogP contribution in [-0.4, -0.2) is 47.9 Å². The molecule has 0 radical (unpaired) electrons. The van der Waals surface area contributed by atoms with E-state index in [4.69, 9.17) is 0 Å². The predicted octanol–water partition coefficient (Wildman–Crippen LogP) is 2.35. The molecule has 2 fully saturated rings. The van der Waals surface area contributed by atoms with E-state index in [-0.39, 0.29) is 48.6 Å². The van der Waals surface area contributed by atoms with Gasteiger partial charge in [-0.05, 0) is 30.5 Å². The number of hydrogen-bond acceptors (Lipinski definition) is 4. The number of aryl methyl sites for hydroxylation is 1. The van der Waals surface area contributed by atoms with Crippen LogP contribution in [0.25, 0.3) is 0 Å². The van der Waals surface area contributed by atoms with Crippen molar-refractivity contribution in [2.45, 2.75) is 24.8 Å². The van der Waals surface area contributed by atoms with Gasteiger partial charge in [-0.15, -0.1) is 24.8 Å². The molecule has 4 rings (SSSR count). The Morgan fingerprint density at radius 3 is 2.71 bits per heavy atom. The van der Waals surface area contributed by atoms with E-state index in [1.54, 1.807) is 0 Å². The van der Waals surface area contributed by atoms with E-state index in [9.17, 15) is 4.79 Å². The minimum Gasteiger partial charge on any atom is -0.369 e. The average molecular weight is 426 g/mol. The van der Waals surface area contributed by atoms with Gasteiger partial charge in [0, 0.05) is 57.1 Å². The molecule has 3 atom stereocenters. The summed E-state index contributed by atoms with van der Waals surface area (Å²) in [6.07, 6.45) is 6.06. The number of halogens is 2. The van der Waals surface area contributed by atoms with E-state index in [0.29, 0.717) is 0 Å². The maximum Gasteiger partial charge on any atom is 0.225 e. The zero-order valence-corrected chi connectivity index (χ0v) is 17.7. The lowest BCUT2D eigenvalue weighted by molar-refractivity contribution is -0.125. The molecule has 1 amide bonds. The van der Waals surface area contributed by atoms with Crippen molar-refractivity contribution < 1.29 is 4.79 Å². The monoisotopic (exact) mass is 425 g/mol. The lowest BCUT2D eigenvalue weighted by atomic mass is 9.89. The number of nitrogens with one attached hydrogen (secondary N) is 2. The number of hydrogen-bond donors (Lipinski definition) is 2. The van der Waals surface area contributed by atoms with Gasteiger partial charge in [0.1, 0.15) is 0 Å². The van der Waals surface area contributed by atoms with Gasteiger partial charge in [-0.25, -0.2) is 0 Å². The van der Waals surface area contributed by atoms with Crippen LogP contribution in [0.5, 0.6) is 0 Å². The summed E-state index contributed by atoms with van der Waals surface area (Å²) in [5.74, 6) is 0.354. The summed E-state index contributed by atoms with van der Waals surface area (Å²) in [6, 6.07) is 10.7. The summed E-state index contributed by atoms with van der Waals surface area (Å²) in [5.41, 5.74) is 2.38. The smallest absolute Gasteiger partial charge is 0.225 e. The van der Waals surface area contributed by atoms with E-state index < -0.39 is 0 Å². The zero-order valence-electron chi connectivity index (χ0n) is 16.1. The highest BCUT2D eigenvalue weighted by Gasteiger charge is 2.36. The van der Waals surface area contributed by atoms with Gasteiger partial charge in [0.15, 0.2) is 0 Å². The Morgan fingerprint density at radius 2 is 2.00 bits per heavy atom. The largest absolute Gasteiger partial charge is 0.369 e. The maximum atomic E-state index is 13.0. The fourth-order valence-electron chi connectivity index (χ4n) is 4.21. The minimum atomic E-state index is -0.0219. The normalized spacial score (nSPS) is 24.2. The van der Waals surface area contributed by atoms with Crippen molar-refractivity contribution in [1.82, 2.24) is 20.4 Å². The number of aromatic nitrogens is 2. The van der Waals surface area contributed by atoms with Crippen LogP contribution >= 0.6 is 24.8 Å². The van der Waals surface area contributed by atoms with Crippen molar-refractivity contribution in [3.05, 3.63) is 48.3 Å². The van der Waals surface area contributed by atoms with Crippen molar-refractivity contribution in [3.63, 3.8) is 0 Å². The Hall–Kier alpha value is -1.76. The summed E-state index contributed by atoms with van der Waals surface area (Å²) >= 11 is 0. The van der Waals surface area contributed by atoms with Gasteiger partial charge in [-0.2, -0.15) is 5.10 Å². The van der Waals surface area contributed by atoms with Crippen LogP contribution in [0.3, 0.4) is 0 Å². The third kappa shape index (κ3) is 4.99. The van der Waals surface area contributed by atoms with E-state index in [1.807, 2.05) is 30.2 Å². The zero-order chi connectivity index (χ0) is 17.9. The van der Waals surface area contributed by atoms with E-state index in [2.05, 4.69) is 44.9 Å². The van der Waals surface area contributed by atoms with Crippen LogP contribution in [0.4, 0.5) is 5.69 Å². The quantitative estimate of drug-likeness (QED) is 0.788. The molecule has 0 saturated carbocycles. The summed E-state index contributed by atoms with van der Waals surface area (Å²) in [7, 11) is 1.92. The lowest BCUT2D eigenvalue weighted by Crippen LogP contribution is -2.50. The van der Waals surface area contributed by atoms with Crippen LogP contribution in [-0.2, 0) is 11.8 Å². The first kappa shape index (κ1) is 22.5. The summed E-state index contributed by atoms with van der Waals surface area (Å²) in [4.78, 5) is 15.3. The molecule has 0 bridgehead atoms. The van der Waals surface area contributed by atoms with Crippen LogP contribution in [0.1, 0.15) is 24.3 Å². The van der Waals surface area contributed by atoms with Gasteiger partial charge in [-0.1, -0.05) is 18.2 Å². The van der Waals surface area contributed by atoms with Crippen LogP contribution < -0.4 is 15.5 Å². The molecule has 3 heterocycles. The maximum absolute atomic E-state index is 13.0. The fraction of sp³-hybridized carbons (Fsp3) is 0.500. The molecule has 1 unspecified atom stereocenters. The molecule has 2 aromatic rings. The molecule has 8 heteroatoms. The summed E-state index contributed by atoms with van der Waals surface area (Å²) < 4.78 is 1.81. The molecule has 2 aliphatic rings. The molecule has 2 aliphatic heterocycles. The van der Waals surface area contributed by atoms with E-state index >= 15 is 0 Å². The van der Waals surface area contributed by atoms with Crippen molar-refractivity contribution >= 4 is 36.4 Å². The molecule has 154 valence electrons. The van der Waals surface area contributed by atoms with Gasteiger partial charge < -0.3 is 15.5 Å². The molecule has 2 N–H and O–H groups in total. The molecule has 0 aliphatic carbocycles. The Balaban J connectivity index is 0.00000140. The number of piperidine rings is 1. The van der Waals surface area contributed by atoms with Gasteiger partial charge in [0.25, 0.3) is 0 Å². The highest BCUT2D eigenvalue weighted by Crippen LogP contribution is 2.28. The van der Waals surface area contributed by atoms with Gasteiger partial charge in [-0.3, -0.25) is 9.48 Å². The number of amides is 1. The van der Waals surface area contributed by atoms with Crippen molar-refractivity contribution in [2.24, 2.45) is 13.0 Å². The SMILES string of the molecule is Cl.Cl.Cn1cc([C@H]2CNC[C@@H]2C(=O)NC2CCCN(c3ccccc3)C2)cn1. The van der Waals surface area contributed by atoms with Crippen LogP contribution in [0.15, 0.2) is 42.7 Å². The van der Waals surface area contributed by atoms with Crippen molar-refractivity contribution in [3.8, 4) is 0 Å². The summed E-state index contributed by atoms with van der Waals surface area (Å²) in [5, 5.41) is 11.0. The highest BCUT2D eigenvalue weighted by atomic mass is 35.5. The van der Waals surface area contributed by atoms with Crippen LogP contribution in [0.2, 0.25) is 0 Å². The predicted molar refractivity (Wildman–Crippen MR) is 117 cm³/mol. The third-order valence-electron chi connectivity index (χ3n) is 5.59. The Labute approximate surface area is 178 Å². The molecular formula is C20H29Cl2N5O. The lowest BCUT2D eigenvalue weighted by Gasteiger charge is -2.35. The van der Waals surface area contributed by atoms with Gasteiger partial charge in [0.2, 0.25) is 5.91 Å². The number of anilines is 1. The number of para-hydroxylation sites is 1. The van der Waals surface area contributed by atoms with E-state index in [0.717, 1.165) is 44.6 Å². The molecule has 2 saturated heterocycles. The van der Waals surface area contributed by atoms with Crippen molar-refractivity contribution in [2.75, 3.05) is 31.1 Å². The van der Waals surface area contributed by atoms with Gasteiger partial charge >= 0.3 is 0 Å².